The van der Waals surface area contributed by atoms with Gasteiger partial charge in [-0.05, 0) is 31.8 Å². The van der Waals surface area contributed by atoms with Crippen LogP contribution in [0.5, 0.6) is 0 Å². The van der Waals surface area contributed by atoms with Crippen LogP contribution in [-0.4, -0.2) is 0 Å². The molecule has 80 valence electrons. The van der Waals surface area contributed by atoms with Crippen LogP contribution in [0.3, 0.4) is 0 Å². The van der Waals surface area contributed by atoms with Crippen LogP contribution < -0.4 is 0 Å². The lowest BCUT2D eigenvalue weighted by Gasteiger charge is -2.07. The molecule has 0 aliphatic heterocycles. The van der Waals surface area contributed by atoms with E-state index in [9.17, 15) is 0 Å². The summed E-state index contributed by atoms with van der Waals surface area (Å²) in [5.74, 6) is 0.609. The Hall–Kier alpha value is -0.780. The third kappa shape index (κ3) is 5.80. The Morgan fingerprint density at radius 1 is 1.29 bits per heavy atom. The summed E-state index contributed by atoms with van der Waals surface area (Å²) in [6.45, 7) is 11.0. The molecule has 0 heteroatoms. The van der Waals surface area contributed by atoms with Crippen LogP contribution in [0.2, 0.25) is 0 Å². The van der Waals surface area contributed by atoms with Gasteiger partial charge < -0.3 is 0 Å². The van der Waals surface area contributed by atoms with Gasteiger partial charge in [0.25, 0.3) is 0 Å². The van der Waals surface area contributed by atoms with Crippen molar-refractivity contribution in [3.8, 4) is 0 Å². The molecule has 0 heterocycles. The molecule has 0 aliphatic rings. The van der Waals surface area contributed by atoms with E-state index in [0.717, 1.165) is 0 Å². The third-order valence-electron chi connectivity index (χ3n) is 2.21. The molecule has 0 aromatic rings. The Balaban J connectivity index is 4.59. The predicted molar refractivity (Wildman–Crippen MR) is 66.4 cm³/mol. The van der Waals surface area contributed by atoms with Crippen LogP contribution in [-0.2, 0) is 0 Å². The van der Waals surface area contributed by atoms with Crippen LogP contribution in [0.25, 0.3) is 0 Å². The Kier molecular flexibility index (Phi) is 7.18. The Labute approximate surface area is 89.4 Å². The first kappa shape index (κ1) is 13.2. The minimum absolute atomic E-state index is 0.609. The molecular formula is C14H24. The van der Waals surface area contributed by atoms with E-state index in [2.05, 4.69) is 58.9 Å². The summed E-state index contributed by atoms with van der Waals surface area (Å²) in [5, 5.41) is 0. The first-order chi connectivity index (χ1) is 6.61. The van der Waals surface area contributed by atoms with Crippen molar-refractivity contribution in [3.05, 3.63) is 35.5 Å². The molecule has 0 unspecified atom stereocenters. The average Bonchev–Trinajstić information content (AvgIpc) is 2.12. The van der Waals surface area contributed by atoms with Crippen molar-refractivity contribution in [3.63, 3.8) is 0 Å². The molecule has 14 heavy (non-hydrogen) atoms. The normalized spacial score (nSPS) is 14.4. The van der Waals surface area contributed by atoms with Gasteiger partial charge in [0.15, 0.2) is 0 Å². The van der Waals surface area contributed by atoms with Crippen molar-refractivity contribution < 1.29 is 0 Å². The van der Waals surface area contributed by atoms with E-state index in [0.29, 0.717) is 5.92 Å². The molecule has 0 amide bonds. The molecule has 0 N–H and O–H groups in total. The zero-order valence-corrected chi connectivity index (χ0v) is 10.3. The van der Waals surface area contributed by atoms with Gasteiger partial charge >= 0.3 is 0 Å². The van der Waals surface area contributed by atoms with Crippen LogP contribution in [0.4, 0.5) is 0 Å². The smallest absolute Gasteiger partial charge is 0.0219 e. The van der Waals surface area contributed by atoms with Gasteiger partial charge in [-0.15, -0.1) is 0 Å². The molecule has 0 saturated carbocycles. The summed E-state index contributed by atoms with van der Waals surface area (Å²) in [7, 11) is 0. The van der Waals surface area contributed by atoms with Crippen LogP contribution in [0.15, 0.2) is 35.5 Å². The maximum atomic E-state index is 2.33. The molecule has 0 nitrogen and oxygen atoms in total. The second-order valence-corrected chi connectivity index (χ2v) is 4.09. The standard InChI is InChI=1S/C14H24/c1-6-8-10-14(12(3)4)11-13(5)9-7-2/h6,8,10-12H,7,9H2,1-5H3/b8-6+,13-11+,14-10+. The van der Waals surface area contributed by atoms with Crippen molar-refractivity contribution in [1.29, 1.82) is 0 Å². The summed E-state index contributed by atoms with van der Waals surface area (Å²) in [4.78, 5) is 0. The monoisotopic (exact) mass is 192 g/mol. The van der Waals surface area contributed by atoms with Crippen molar-refractivity contribution in [2.24, 2.45) is 5.92 Å². The van der Waals surface area contributed by atoms with Crippen molar-refractivity contribution >= 4 is 0 Å². The Bertz CT molecular complexity index is 226. The van der Waals surface area contributed by atoms with Gasteiger partial charge in [0.2, 0.25) is 0 Å². The molecule has 0 fully saturated rings. The summed E-state index contributed by atoms with van der Waals surface area (Å²) < 4.78 is 0. The Morgan fingerprint density at radius 3 is 2.36 bits per heavy atom. The topological polar surface area (TPSA) is 0 Å². The van der Waals surface area contributed by atoms with E-state index in [1.807, 2.05) is 0 Å². The largest absolute Gasteiger partial charge is 0.0877 e. The van der Waals surface area contributed by atoms with E-state index in [4.69, 9.17) is 0 Å². The minimum Gasteiger partial charge on any atom is -0.0877 e. The maximum absolute atomic E-state index is 2.33. The van der Waals surface area contributed by atoms with Gasteiger partial charge in [-0.25, -0.2) is 0 Å². The molecule has 0 atom stereocenters. The van der Waals surface area contributed by atoms with Gasteiger partial charge in [0, 0.05) is 0 Å². The first-order valence-electron chi connectivity index (χ1n) is 5.61. The van der Waals surface area contributed by atoms with E-state index in [1.165, 1.54) is 24.0 Å². The highest BCUT2D eigenvalue weighted by Crippen LogP contribution is 2.15. The van der Waals surface area contributed by atoms with Crippen molar-refractivity contribution in [2.75, 3.05) is 0 Å². The highest BCUT2D eigenvalue weighted by Gasteiger charge is 1.99. The SMILES string of the molecule is C/C=C/C=C(\C=C(/C)CCC)C(C)C. The number of hydrogen-bond donors (Lipinski definition) is 0. The zero-order chi connectivity index (χ0) is 11.0. The van der Waals surface area contributed by atoms with Gasteiger partial charge in [0.1, 0.15) is 0 Å². The Morgan fingerprint density at radius 2 is 1.93 bits per heavy atom. The first-order valence-corrected chi connectivity index (χ1v) is 5.61. The number of allylic oxidation sites excluding steroid dienone is 6. The summed E-state index contributed by atoms with van der Waals surface area (Å²) in [6, 6.07) is 0. The lowest BCUT2D eigenvalue weighted by molar-refractivity contribution is 0.785. The van der Waals surface area contributed by atoms with Crippen molar-refractivity contribution in [1.82, 2.24) is 0 Å². The highest BCUT2D eigenvalue weighted by atomic mass is 14.0. The fourth-order valence-electron chi connectivity index (χ4n) is 1.37. The average molecular weight is 192 g/mol. The molecule has 0 bridgehead atoms. The van der Waals surface area contributed by atoms with E-state index in [1.54, 1.807) is 0 Å². The molecule has 0 saturated heterocycles. The summed E-state index contributed by atoms with van der Waals surface area (Å²) >= 11 is 0. The summed E-state index contributed by atoms with van der Waals surface area (Å²) in [5.41, 5.74) is 2.91. The van der Waals surface area contributed by atoms with E-state index in [-0.39, 0.29) is 0 Å². The van der Waals surface area contributed by atoms with E-state index < -0.39 is 0 Å². The lowest BCUT2D eigenvalue weighted by Crippen LogP contribution is -1.91. The zero-order valence-electron chi connectivity index (χ0n) is 10.3. The minimum atomic E-state index is 0.609. The van der Waals surface area contributed by atoms with Gasteiger partial charge in [-0.3, -0.25) is 0 Å². The van der Waals surface area contributed by atoms with Gasteiger partial charge in [-0.1, -0.05) is 57.1 Å². The highest BCUT2D eigenvalue weighted by molar-refractivity contribution is 5.28. The quantitative estimate of drug-likeness (QED) is 0.544. The van der Waals surface area contributed by atoms with Crippen LogP contribution in [0.1, 0.15) is 47.5 Å². The molecule has 0 aromatic carbocycles. The molecular weight excluding hydrogens is 168 g/mol. The van der Waals surface area contributed by atoms with E-state index >= 15 is 0 Å². The molecule has 0 rings (SSSR count). The molecule has 0 spiro atoms. The van der Waals surface area contributed by atoms with Crippen LogP contribution in [0, 0.1) is 5.92 Å². The van der Waals surface area contributed by atoms with Crippen molar-refractivity contribution in [2.45, 2.75) is 47.5 Å². The fourth-order valence-corrected chi connectivity index (χ4v) is 1.37. The lowest BCUT2D eigenvalue weighted by atomic mass is 9.99. The fraction of sp³-hybridized carbons (Fsp3) is 0.571. The summed E-state index contributed by atoms with van der Waals surface area (Å²) in [6.07, 6.45) is 11.2. The second-order valence-electron chi connectivity index (χ2n) is 4.09. The van der Waals surface area contributed by atoms with Gasteiger partial charge in [0.05, 0.1) is 0 Å². The molecule has 0 aliphatic carbocycles. The number of rotatable bonds is 5. The molecule has 0 radical (unpaired) electrons. The van der Waals surface area contributed by atoms with Crippen LogP contribution >= 0.6 is 0 Å². The number of hydrogen-bond acceptors (Lipinski definition) is 0. The van der Waals surface area contributed by atoms with Gasteiger partial charge in [-0.2, -0.15) is 0 Å². The third-order valence-corrected chi connectivity index (χ3v) is 2.21. The predicted octanol–water partition coefficient (Wildman–Crippen LogP) is 4.89. The maximum Gasteiger partial charge on any atom is -0.0219 e. The second kappa shape index (κ2) is 7.61. The molecule has 0 aromatic heterocycles.